The fourth-order valence-electron chi connectivity index (χ4n) is 2.90. The molecule has 0 unspecified atom stereocenters. The van der Waals surface area contributed by atoms with Gasteiger partial charge < -0.3 is 9.84 Å². The third-order valence-corrected chi connectivity index (χ3v) is 4.06. The fraction of sp³-hybridized carbons (Fsp3) is 0.588. The van der Waals surface area contributed by atoms with Crippen LogP contribution in [0.3, 0.4) is 0 Å². The summed E-state index contributed by atoms with van der Waals surface area (Å²) in [7, 11) is 0. The van der Waals surface area contributed by atoms with Gasteiger partial charge >= 0.3 is 6.09 Å². The topological polar surface area (TPSA) is 92.9 Å². The van der Waals surface area contributed by atoms with Crippen molar-refractivity contribution in [2.45, 2.75) is 57.9 Å². The molecule has 144 valence electrons. The normalized spacial score (nSPS) is 18.4. The summed E-state index contributed by atoms with van der Waals surface area (Å²) < 4.78 is 31.2. The quantitative estimate of drug-likeness (QED) is 0.648. The zero-order valence-corrected chi connectivity index (χ0v) is 14.8. The van der Waals surface area contributed by atoms with Crippen LogP contribution in [0.15, 0.2) is 18.2 Å². The highest BCUT2D eigenvalue weighted by Gasteiger charge is 2.38. The van der Waals surface area contributed by atoms with E-state index in [1.54, 1.807) is 20.8 Å². The molecule has 9 heteroatoms. The smallest absolute Gasteiger partial charge is 0.410 e. The number of ether oxygens (including phenoxy) is 1. The third-order valence-electron chi connectivity index (χ3n) is 4.06. The number of fused-ring (bicyclic) bond motifs is 1. The number of alkyl halides is 2. The van der Waals surface area contributed by atoms with Crippen molar-refractivity contribution >= 4 is 6.09 Å². The van der Waals surface area contributed by atoms with Crippen LogP contribution in [-0.4, -0.2) is 45.3 Å². The number of carbonyl (C=O) groups excluding carboxylic acids is 1. The zero-order valence-electron chi connectivity index (χ0n) is 14.8. The van der Waals surface area contributed by atoms with E-state index in [1.807, 2.05) is 0 Å². The fourth-order valence-corrected chi connectivity index (χ4v) is 2.90. The summed E-state index contributed by atoms with van der Waals surface area (Å²) in [6.45, 7) is 4.21. The van der Waals surface area contributed by atoms with Crippen molar-refractivity contribution in [3.63, 3.8) is 0 Å². The summed E-state index contributed by atoms with van der Waals surface area (Å²) in [4.78, 5) is 23.8. The molecule has 1 aliphatic rings. The molecular formula is C17H22F2N2O5. The van der Waals surface area contributed by atoms with Crippen molar-refractivity contribution in [1.29, 1.82) is 0 Å². The van der Waals surface area contributed by atoms with E-state index in [0.29, 0.717) is 11.1 Å². The van der Waals surface area contributed by atoms with Gasteiger partial charge in [-0.1, -0.05) is 12.1 Å². The number of hydrogen-bond acceptors (Lipinski definition) is 5. The van der Waals surface area contributed by atoms with E-state index < -0.39 is 41.7 Å². The SMILES string of the molecule is CC(C)(C)OC(=O)N1Cc2cc(C(F)F)ccc2C[C@H]1[C@H](O)C[N+](=O)[O-]. The summed E-state index contributed by atoms with van der Waals surface area (Å²) in [5.41, 5.74) is 0.206. The predicted octanol–water partition coefficient (Wildman–Crippen LogP) is 2.92. The molecule has 1 aromatic rings. The molecule has 0 bridgehead atoms. The third kappa shape index (κ3) is 4.87. The number of amides is 1. The lowest BCUT2D eigenvalue weighted by Crippen LogP contribution is -2.53. The first-order valence-electron chi connectivity index (χ1n) is 8.17. The summed E-state index contributed by atoms with van der Waals surface area (Å²) >= 11 is 0. The Bertz CT molecular complexity index is 690. The van der Waals surface area contributed by atoms with E-state index in [4.69, 9.17) is 4.74 Å². The zero-order chi connectivity index (χ0) is 19.6. The van der Waals surface area contributed by atoms with E-state index in [2.05, 4.69) is 0 Å². The first-order valence-corrected chi connectivity index (χ1v) is 8.17. The molecule has 0 fully saturated rings. The van der Waals surface area contributed by atoms with Gasteiger partial charge in [-0.15, -0.1) is 0 Å². The largest absolute Gasteiger partial charge is 0.444 e. The number of nitro groups is 1. The van der Waals surface area contributed by atoms with Crippen molar-refractivity contribution in [2.75, 3.05) is 6.54 Å². The maximum Gasteiger partial charge on any atom is 0.410 e. The second-order valence-electron chi connectivity index (χ2n) is 7.29. The summed E-state index contributed by atoms with van der Waals surface area (Å²) in [6.07, 6.45) is -4.68. The average molecular weight is 372 g/mol. The van der Waals surface area contributed by atoms with Gasteiger partial charge in [-0.05, 0) is 44.4 Å². The van der Waals surface area contributed by atoms with Crippen molar-refractivity contribution < 1.29 is 28.3 Å². The van der Waals surface area contributed by atoms with Crippen LogP contribution >= 0.6 is 0 Å². The molecule has 1 aromatic carbocycles. The van der Waals surface area contributed by atoms with Gasteiger partial charge in [0.25, 0.3) is 6.43 Å². The number of hydrogen-bond donors (Lipinski definition) is 1. The van der Waals surface area contributed by atoms with Crippen molar-refractivity contribution in [3.05, 3.63) is 45.0 Å². The van der Waals surface area contributed by atoms with Crippen LogP contribution in [0.5, 0.6) is 0 Å². The number of carbonyl (C=O) groups is 1. The first kappa shape index (κ1) is 20.0. The second-order valence-corrected chi connectivity index (χ2v) is 7.29. The number of benzene rings is 1. The molecule has 1 N–H and O–H groups in total. The predicted molar refractivity (Wildman–Crippen MR) is 88.5 cm³/mol. The van der Waals surface area contributed by atoms with Gasteiger partial charge in [0.2, 0.25) is 6.54 Å². The maximum atomic E-state index is 12.9. The van der Waals surface area contributed by atoms with Crippen LogP contribution < -0.4 is 0 Å². The minimum Gasteiger partial charge on any atom is -0.444 e. The Balaban J connectivity index is 2.35. The Hall–Kier alpha value is -2.29. The van der Waals surface area contributed by atoms with Crippen LogP contribution in [0.2, 0.25) is 0 Å². The average Bonchev–Trinajstić information content (AvgIpc) is 2.50. The van der Waals surface area contributed by atoms with Crippen molar-refractivity contribution in [3.8, 4) is 0 Å². The van der Waals surface area contributed by atoms with Gasteiger partial charge in [0.15, 0.2) is 0 Å². The number of aliphatic hydroxyl groups is 1. The summed E-state index contributed by atoms with van der Waals surface area (Å²) in [5, 5.41) is 21.0. The van der Waals surface area contributed by atoms with Crippen molar-refractivity contribution in [2.24, 2.45) is 0 Å². The van der Waals surface area contributed by atoms with Gasteiger partial charge in [-0.3, -0.25) is 15.0 Å². The van der Waals surface area contributed by atoms with Gasteiger partial charge in [0.05, 0.1) is 6.04 Å². The second kappa shape index (κ2) is 7.53. The number of rotatable bonds is 4. The number of nitrogens with zero attached hydrogens (tertiary/aromatic N) is 2. The van der Waals surface area contributed by atoms with Gasteiger partial charge in [0, 0.05) is 17.0 Å². The standard InChI is InChI=1S/C17H22F2N2O5/c1-17(2,3)26-16(23)20-8-12-6-11(15(18)19)5-4-10(12)7-13(20)14(22)9-21(24)25/h4-6,13-15,22H,7-9H2,1-3H3/t13-,14+/m0/s1. The van der Waals surface area contributed by atoms with Crippen LogP contribution in [-0.2, 0) is 17.7 Å². The number of aliphatic hydroxyl groups excluding tert-OH is 1. The lowest BCUT2D eigenvalue weighted by atomic mass is 9.90. The Morgan fingerprint density at radius 2 is 2.08 bits per heavy atom. The highest BCUT2D eigenvalue weighted by Crippen LogP contribution is 2.30. The van der Waals surface area contributed by atoms with E-state index in [-0.39, 0.29) is 18.5 Å². The van der Waals surface area contributed by atoms with E-state index in [1.165, 1.54) is 23.1 Å². The lowest BCUT2D eigenvalue weighted by Gasteiger charge is -2.39. The molecule has 2 rings (SSSR count). The Morgan fingerprint density at radius 3 is 2.62 bits per heavy atom. The van der Waals surface area contributed by atoms with Crippen LogP contribution in [0.1, 0.15) is 43.9 Å². The van der Waals surface area contributed by atoms with E-state index in [9.17, 15) is 28.8 Å². The minimum absolute atomic E-state index is 0.0652. The molecule has 7 nitrogen and oxygen atoms in total. The lowest BCUT2D eigenvalue weighted by molar-refractivity contribution is -0.491. The molecule has 1 heterocycles. The molecule has 1 amide bonds. The molecule has 0 aromatic heterocycles. The Morgan fingerprint density at radius 1 is 1.42 bits per heavy atom. The Kier molecular flexibility index (Phi) is 5.80. The van der Waals surface area contributed by atoms with Gasteiger partial charge in [0.1, 0.15) is 11.7 Å². The van der Waals surface area contributed by atoms with Crippen LogP contribution in [0, 0.1) is 10.1 Å². The molecular weight excluding hydrogens is 350 g/mol. The molecule has 0 radical (unpaired) electrons. The molecule has 0 saturated carbocycles. The van der Waals surface area contributed by atoms with Crippen molar-refractivity contribution in [1.82, 2.24) is 4.90 Å². The molecule has 0 aliphatic carbocycles. The van der Waals surface area contributed by atoms with Gasteiger partial charge in [-0.2, -0.15) is 0 Å². The molecule has 26 heavy (non-hydrogen) atoms. The molecule has 0 spiro atoms. The molecule has 0 saturated heterocycles. The monoisotopic (exact) mass is 372 g/mol. The maximum absolute atomic E-state index is 12.9. The molecule has 2 atom stereocenters. The number of halogens is 2. The summed E-state index contributed by atoms with van der Waals surface area (Å²) in [6, 6.07) is 3.23. The Labute approximate surface area is 149 Å². The van der Waals surface area contributed by atoms with Gasteiger partial charge in [-0.25, -0.2) is 13.6 Å². The summed E-state index contributed by atoms with van der Waals surface area (Å²) in [5.74, 6) is 0. The first-order chi connectivity index (χ1) is 12.0. The molecule has 1 aliphatic heterocycles. The highest BCUT2D eigenvalue weighted by atomic mass is 19.3. The minimum atomic E-state index is -2.65. The highest BCUT2D eigenvalue weighted by molar-refractivity contribution is 5.69. The van der Waals surface area contributed by atoms with E-state index in [0.717, 1.165) is 0 Å². The van der Waals surface area contributed by atoms with Crippen LogP contribution in [0.4, 0.5) is 13.6 Å². The van der Waals surface area contributed by atoms with E-state index >= 15 is 0 Å². The van der Waals surface area contributed by atoms with Crippen LogP contribution in [0.25, 0.3) is 0 Å².